The van der Waals surface area contributed by atoms with Gasteiger partial charge in [0, 0.05) is 10.7 Å². The van der Waals surface area contributed by atoms with Crippen LogP contribution in [0.4, 0.5) is 0 Å². The zero-order valence-corrected chi connectivity index (χ0v) is 24.3. The number of unbranched alkanes of at least 4 members (excludes halogenated alkanes) is 22. The first-order valence-corrected chi connectivity index (χ1v) is 15.5. The Labute approximate surface area is 223 Å². The van der Waals surface area contributed by atoms with Crippen molar-refractivity contribution in [1.29, 1.82) is 0 Å². The minimum atomic E-state index is 0.625. The van der Waals surface area contributed by atoms with Crippen LogP contribution in [0.1, 0.15) is 154 Å². The van der Waals surface area contributed by atoms with Gasteiger partial charge in [0.05, 0.1) is 0 Å². The van der Waals surface area contributed by atoms with E-state index in [4.69, 9.17) is 24.4 Å². The lowest BCUT2D eigenvalue weighted by atomic mass is 10.0. The minimum Gasteiger partial charge on any atom is -0.371 e. The van der Waals surface area contributed by atoms with E-state index in [1.54, 1.807) is 0 Å². The van der Waals surface area contributed by atoms with E-state index in [2.05, 4.69) is 30.6 Å². The van der Waals surface area contributed by atoms with Crippen molar-refractivity contribution in [1.82, 2.24) is 5.32 Å². The van der Waals surface area contributed by atoms with Gasteiger partial charge in [-0.1, -0.05) is 159 Å². The van der Waals surface area contributed by atoms with Crippen molar-refractivity contribution in [2.24, 2.45) is 0 Å². The molecule has 0 saturated heterocycles. The van der Waals surface area contributed by atoms with Crippen LogP contribution in [0.2, 0.25) is 0 Å². The molecule has 1 nitrogen and oxygen atoms in total. The van der Waals surface area contributed by atoms with Crippen molar-refractivity contribution in [3.05, 3.63) is 0 Å². The Hall–Kier alpha value is 0.680. The van der Waals surface area contributed by atoms with Gasteiger partial charge in [0.25, 0.3) is 0 Å². The van der Waals surface area contributed by atoms with E-state index in [0.29, 0.717) is 4.32 Å². The molecule has 0 aliphatic carbocycles. The summed E-state index contributed by atoms with van der Waals surface area (Å²) in [5.74, 6) is 0. The Morgan fingerprint density at radius 2 is 0.656 bits per heavy atom. The lowest BCUT2D eigenvalue weighted by molar-refractivity contribution is 0.517. The molecule has 190 valence electrons. The van der Waals surface area contributed by atoms with Gasteiger partial charge in [-0.05, 0) is 19.3 Å². The van der Waals surface area contributed by atoms with Crippen LogP contribution in [0.3, 0.4) is 0 Å². The Morgan fingerprint density at radius 1 is 0.406 bits per heavy atom. The Morgan fingerprint density at radius 3 is 0.906 bits per heavy atom. The first kappa shape index (κ1) is 32.7. The normalized spacial score (nSPS) is 11.1. The number of hydrogen-bond donors (Lipinski definition) is 3. The van der Waals surface area contributed by atoms with Crippen molar-refractivity contribution < 1.29 is 0 Å². The molecule has 0 aromatic heterocycles. The van der Waals surface area contributed by atoms with E-state index < -0.39 is 0 Å². The van der Waals surface area contributed by atoms with Gasteiger partial charge in [0.2, 0.25) is 0 Å². The second-order valence-electron chi connectivity index (χ2n) is 9.51. The third-order valence-electron chi connectivity index (χ3n) is 6.34. The molecule has 0 spiro atoms. The number of rotatable bonds is 26. The maximum absolute atomic E-state index is 5.00. The lowest BCUT2D eigenvalue weighted by Crippen LogP contribution is -2.17. The van der Waals surface area contributed by atoms with E-state index in [0.717, 1.165) is 17.2 Å². The minimum absolute atomic E-state index is 0.625. The van der Waals surface area contributed by atoms with Gasteiger partial charge >= 0.3 is 0 Å². The van der Waals surface area contributed by atoms with Crippen LogP contribution in [0, 0.1) is 0 Å². The van der Waals surface area contributed by atoms with Gasteiger partial charge < -0.3 is 5.32 Å². The topological polar surface area (TPSA) is 12.0 Å². The Bertz CT molecular complexity index is 376. The van der Waals surface area contributed by atoms with Gasteiger partial charge in [-0.3, -0.25) is 0 Å². The molecule has 0 rings (SSSR count). The molecule has 0 unspecified atom stereocenters. The molecule has 0 heterocycles. The van der Waals surface area contributed by atoms with Crippen LogP contribution in [-0.2, 0) is 0 Å². The van der Waals surface area contributed by atoms with Crippen LogP contribution in [-0.4, -0.2) is 15.1 Å². The molecule has 0 fully saturated rings. The predicted molar refractivity (Wildman–Crippen MR) is 162 cm³/mol. The van der Waals surface area contributed by atoms with Gasteiger partial charge in [-0.25, -0.2) is 0 Å². The van der Waals surface area contributed by atoms with Gasteiger partial charge in [0.15, 0.2) is 0 Å². The lowest BCUT2D eigenvalue weighted by Gasteiger charge is -2.05. The first-order chi connectivity index (χ1) is 15.6. The van der Waals surface area contributed by atoms with Crippen LogP contribution >= 0.6 is 49.7 Å². The zero-order valence-electron chi connectivity index (χ0n) is 20.9. The summed E-state index contributed by atoms with van der Waals surface area (Å²) in [7, 11) is 0. The van der Waals surface area contributed by atoms with Crippen molar-refractivity contribution in [2.45, 2.75) is 154 Å². The number of hydrogen-bond acceptors (Lipinski definition) is 2. The van der Waals surface area contributed by atoms with Crippen LogP contribution in [0.5, 0.6) is 0 Å². The molecule has 0 bridgehead atoms. The van der Waals surface area contributed by atoms with Crippen molar-refractivity contribution in [2.75, 3.05) is 6.54 Å². The van der Waals surface area contributed by atoms with E-state index >= 15 is 0 Å². The second-order valence-corrected chi connectivity index (χ2v) is 12.0. The molecule has 5 heteroatoms. The molecule has 0 amide bonds. The smallest absolute Gasteiger partial charge is 0.130 e. The van der Waals surface area contributed by atoms with Crippen molar-refractivity contribution in [3.63, 3.8) is 0 Å². The molecule has 0 atom stereocenters. The summed E-state index contributed by atoms with van der Waals surface area (Å²) in [6.07, 6.45) is 33.4. The van der Waals surface area contributed by atoms with Crippen LogP contribution in [0.15, 0.2) is 0 Å². The maximum Gasteiger partial charge on any atom is 0.130 e. The van der Waals surface area contributed by atoms with Gasteiger partial charge in [0.1, 0.15) is 4.32 Å². The summed E-state index contributed by atoms with van der Waals surface area (Å²) in [4.78, 5) is 0. The largest absolute Gasteiger partial charge is 0.371 e. The summed E-state index contributed by atoms with van der Waals surface area (Å²) >= 11 is 18.1. The molecule has 0 aromatic carbocycles. The summed E-state index contributed by atoms with van der Waals surface area (Å²) in [6, 6.07) is 0. The van der Waals surface area contributed by atoms with E-state index in [-0.39, 0.29) is 0 Å². The molecule has 0 aliphatic heterocycles. The molecule has 0 radical (unpaired) electrons. The second kappa shape index (κ2) is 27.9. The zero-order chi connectivity index (χ0) is 23.5. The molecule has 0 aromatic rings. The number of nitrogens with one attached hydrogen (secondary N) is 1. The van der Waals surface area contributed by atoms with Crippen molar-refractivity contribution in [3.8, 4) is 0 Å². The Balaban J connectivity index is 3.02. The van der Waals surface area contributed by atoms with Gasteiger partial charge in [-0.2, -0.15) is 0 Å². The molecular formula is C27H53NS4. The molecule has 32 heavy (non-hydrogen) atoms. The third kappa shape index (κ3) is 30.7. The fourth-order valence-corrected chi connectivity index (χ4v) is 4.83. The van der Waals surface area contributed by atoms with E-state index in [1.807, 2.05) is 0 Å². The van der Waals surface area contributed by atoms with E-state index in [1.165, 1.54) is 148 Å². The summed E-state index contributed by atoms with van der Waals surface area (Å²) < 4.78 is 1.50. The predicted octanol–water partition coefficient (Wildman–Crippen LogP) is 10.4. The highest BCUT2D eigenvalue weighted by Gasteiger charge is 1.97. The third-order valence-corrected chi connectivity index (χ3v) is 7.07. The fraction of sp³-hybridized carbons (Fsp3) is 0.926. The Kier molecular flexibility index (Phi) is 28.5. The summed E-state index contributed by atoms with van der Waals surface area (Å²) in [5, 5.41) is 3.10. The summed E-state index contributed by atoms with van der Waals surface area (Å²) in [5.41, 5.74) is 0. The fourth-order valence-electron chi connectivity index (χ4n) is 4.31. The highest BCUT2D eigenvalue weighted by Crippen LogP contribution is 2.15. The van der Waals surface area contributed by atoms with Crippen molar-refractivity contribution >= 4 is 58.2 Å². The average molecular weight is 520 g/mol. The first-order valence-electron chi connectivity index (χ1n) is 13.8. The molecule has 1 N–H and O–H groups in total. The van der Waals surface area contributed by atoms with E-state index in [9.17, 15) is 0 Å². The highest BCUT2D eigenvalue weighted by molar-refractivity contribution is 8.11. The molecular weight excluding hydrogens is 467 g/mol. The number of thiol groups is 2. The quantitative estimate of drug-likeness (QED) is 0.0597. The monoisotopic (exact) mass is 519 g/mol. The molecule has 0 aliphatic rings. The average Bonchev–Trinajstić information content (AvgIpc) is 2.75. The number of thiocarbonyl (C=S) groups is 2. The van der Waals surface area contributed by atoms with Crippen LogP contribution < -0.4 is 5.32 Å². The standard InChI is InChI=1S/C27H53NS4/c29-26(30)24-22-20-18-16-14-12-10-8-6-4-2-1-3-5-7-9-11-13-15-17-19-21-23-25-28-27(31)32/h1-25H2,(H,29,30)(H2,28,31,32). The highest BCUT2D eigenvalue weighted by atomic mass is 32.1. The van der Waals surface area contributed by atoms with Crippen LogP contribution in [0.25, 0.3) is 0 Å². The maximum atomic E-state index is 5.00. The SMILES string of the molecule is S=C(S)CCCCCCCCCCCCCCCCCCCCCCCCCNC(=S)S. The summed E-state index contributed by atoms with van der Waals surface area (Å²) in [6.45, 7) is 0.983. The van der Waals surface area contributed by atoms with Gasteiger partial charge in [-0.15, -0.1) is 25.3 Å². The molecule has 0 saturated carbocycles.